The van der Waals surface area contributed by atoms with Gasteiger partial charge >= 0.3 is 6.09 Å². The van der Waals surface area contributed by atoms with Crippen LogP contribution in [0.3, 0.4) is 0 Å². The van der Waals surface area contributed by atoms with Gasteiger partial charge in [-0.05, 0) is 30.7 Å². The average molecular weight is 376 g/mol. The number of hydrogen-bond donors (Lipinski definition) is 0. The van der Waals surface area contributed by atoms with Crippen LogP contribution in [0, 0.1) is 22.0 Å². The Morgan fingerprint density at radius 2 is 2.04 bits per heavy atom. The summed E-state index contributed by atoms with van der Waals surface area (Å²) in [7, 11) is 0. The number of para-hydroxylation sites is 1. The van der Waals surface area contributed by atoms with Gasteiger partial charge in [-0.1, -0.05) is 43.5 Å². The van der Waals surface area contributed by atoms with Crippen molar-refractivity contribution in [3.05, 3.63) is 70.3 Å². The first-order valence-electron chi connectivity index (χ1n) is 9.11. The van der Waals surface area contributed by atoms with Crippen molar-refractivity contribution in [3.63, 3.8) is 0 Å². The van der Waals surface area contributed by atoms with Crippen LogP contribution in [0.4, 0.5) is 16.2 Å². The van der Waals surface area contributed by atoms with Crippen molar-refractivity contribution in [2.75, 3.05) is 4.90 Å². The van der Waals surface area contributed by atoms with Gasteiger partial charge in [0.05, 0.1) is 10.6 Å². The van der Waals surface area contributed by atoms with Gasteiger partial charge in [-0.25, -0.2) is 4.79 Å². The third kappa shape index (κ3) is 4.38. The van der Waals surface area contributed by atoms with E-state index in [4.69, 9.17) is 4.74 Å². The first-order valence-corrected chi connectivity index (χ1v) is 9.11. The monoisotopic (exact) mass is 376 g/mol. The molecule has 142 valence electrons. The van der Waals surface area contributed by atoms with E-state index >= 15 is 0 Å². The van der Waals surface area contributed by atoms with Crippen molar-refractivity contribution in [1.29, 1.82) is 0 Å². The number of carbonyl (C=O) groups excluding carboxylic acids is 1. The van der Waals surface area contributed by atoms with Crippen molar-refractivity contribution in [2.45, 2.75) is 32.2 Å². The summed E-state index contributed by atoms with van der Waals surface area (Å²) in [6.07, 6.45) is 5.71. The van der Waals surface area contributed by atoms with Crippen molar-refractivity contribution in [2.24, 2.45) is 0 Å². The Bertz CT molecular complexity index is 957. The number of carbonyl (C=O) groups is 1. The zero-order valence-corrected chi connectivity index (χ0v) is 15.5. The van der Waals surface area contributed by atoms with Gasteiger partial charge in [0.25, 0.3) is 5.69 Å². The normalized spacial score (nSPS) is 14.6. The summed E-state index contributed by atoms with van der Waals surface area (Å²) < 4.78 is 5.50. The van der Waals surface area contributed by atoms with Crippen molar-refractivity contribution < 1.29 is 14.5 Å². The molecule has 0 aromatic heterocycles. The summed E-state index contributed by atoms with van der Waals surface area (Å²) in [5.41, 5.74) is 1.07. The highest BCUT2D eigenvalue weighted by Crippen LogP contribution is 2.32. The number of unbranched alkanes of at least 4 members (excludes halogenated alkanes) is 2. The molecule has 1 aliphatic heterocycles. The standard InChI is InChI=1S/C22H20N2O4/c1-2-3-4-6-9-18-13-12-17-16-19(24(26)27)14-15-21(17)23(18)22(25)28-20-10-7-5-8-11-20/h5,7-8,10-16,18H,2-4H2,1H3. The summed E-state index contributed by atoms with van der Waals surface area (Å²) in [4.78, 5) is 25.0. The minimum Gasteiger partial charge on any atom is -0.410 e. The fourth-order valence-electron chi connectivity index (χ4n) is 2.84. The molecule has 1 aliphatic rings. The molecule has 0 saturated carbocycles. The van der Waals surface area contributed by atoms with Gasteiger partial charge in [0.2, 0.25) is 0 Å². The van der Waals surface area contributed by atoms with Crippen LogP contribution in [0.25, 0.3) is 6.08 Å². The van der Waals surface area contributed by atoms with E-state index in [0.29, 0.717) is 17.0 Å². The van der Waals surface area contributed by atoms with E-state index in [1.165, 1.54) is 17.0 Å². The van der Waals surface area contributed by atoms with Crippen LogP contribution in [-0.4, -0.2) is 17.1 Å². The molecule has 0 fully saturated rings. The van der Waals surface area contributed by atoms with Crippen LogP contribution in [-0.2, 0) is 0 Å². The Kier molecular flexibility index (Phi) is 6.07. The number of non-ortho nitro benzene ring substituents is 1. The smallest absolute Gasteiger partial charge is 0.410 e. The maximum Gasteiger partial charge on any atom is 0.421 e. The predicted octanol–water partition coefficient (Wildman–Crippen LogP) is 5.19. The Labute approximate surface area is 163 Å². The summed E-state index contributed by atoms with van der Waals surface area (Å²) >= 11 is 0. The van der Waals surface area contributed by atoms with Crippen molar-refractivity contribution in [1.82, 2.24) is 0 Å². The Balaban J connectivity index is 1.94. The molecule has 6 nitrogen and oxygen atoms in total. The summed E-state index contributed by atoms with van der Waals surface area (Å²) in [6, 6.07) is 12.6. The largest absolute Gasteiger partial charge is 0.421 e. The molecule has 0 radical (unpaired) electrons. The molecular weight excluding hydrogens is 356 g/mol. The van der Waals surface area contributed by atoms with E-state index in [1.807, 2.05) is 6.07 Å². The molecule has 2 aromatic rings. The molecule has 0 spiro atoms. The third-order valence-electron chi connectivity index (χ3n) is 4.27. The van der Waals surface area contributed by atoms with Gasteiger partial charge in [0.1, 0.15) is 11.8 Å². The van der Waals surface area contributed by atoms with Gasteiger partial charge in [0, 0.05) is 24.1 Å². The lowest BCUT2D eigenvalue weighted by Crippen LogP contribution is -2.42. The number of anilines is 1. The zero-order chi connectivity index (χ0) is 19.9. The van der Waals surface area contributed by atoms with Crippen LogP contribution in [0.15, 0.2) is 54.6 Å². The Hall–Kier alpha value is -3.59. The number of amides is 1. The van der Waals surface area contributed by atoms with Crippen LogP contribution < -0.4 is 9.64 Å². The quantitative estimate of drug-likeness (QED) is 0.319. The summed E-state index contributed by atoms with van der Waals surface area (Å²) in [6.45, 7) is 2.09. The number of benzene rings is 2. The average Bonchev–Trinajstić information content (AvgIpc) is 2.71. The third-order valence-corrected chi connectivity index (χ3v) is 4.27. The van der Waals surface area contributed by atoms with Crippen LogP contribution in [0.5, 0.6) is 5.75 Å². The van der Waals surface area contributed by atoms with Crippen molar-refractivity contribution >= 4 is 23.5 Å². The van der Waals surface area contributed by atoms with Crippen LogP contribution in [0.1, 0.15) is 31.7 Å². The lowest BCUT2D eigenvalue weighted by Gasteiger charge is -2.30. The fraction of sp³-hybridized carbons (Fsp3) is 0.227. The molecule has 0 saturated heterocycles. The second-order valence-corrected chi connectivity index (χ2v) is 6.28. The van der Waals surface area contributed by atoms with Gasteiger partial charge in [-0.3, -0.25) is 15.0 Å². The van der Waals surface area contributed by atoms with Gasteiger partial charge in [-0.15, -0.1) is 5.92 Å². The molecule has 1 unspecified atom stereocenters. The number of hydrogen-bond acceptors (Lipinski definition) is 4. The fourth-order valence-corrected chi connectivity index (χ4v) is 2.84. The molecule has 0 aliphatic carbocycles. The molecule has 2 aromatic carbocycles. The molecule has 28 heavy (non-hydrogen) atoms. The number of nitro groups is 1. The summed E-state index contributed by atoms with van der Waals surface area (Å²) in [5.74, 6) is 6.63. The molecular formula is C22H20N2O4. The lowest BCUT2D eigenvalue weighted by atomic mass is 10.0. The van der Waals surface area contributed by atoms with E-state index in [1.54, 1.807) is 42.5 Å². The lowest BCUT2D eigenvalue weighted by molar-refractivity contribution is -0.384. The topological polar surface area (TPSA) is 72.7 Å². The predicted molar refractivity (Wildman–Crippen MR) is 108 cm³/mol. The van der Waals surface area contributed by atoms with Gasteiger partial charge in [0.15, 0.2) is 0 Å². The molecule has 0 bridgehead atoms. The highest BCUT2D eigenvalue weighted by Gasteiger charge is 2.29. The number of rotatable bonds is 4. The minimum atomic E-state index is -0.583. The van der Waals surface area contributed by atoms with Gasteiger partial charge < -0.3 is 4.74 Å². The first-order chi connectivity index (χ1) is 13.6. The number of ether oxygens (including phenoxy) is 1. The number of fused-ring (bicyclic) bond motifs is 1. The van der Waals surface area contributed by atoms with Crippen LogP contribution in [0.2, 0.25) is 0 Å². The molecule has 0 N–H and O–H groups in total. The molecule has 1 atom stereocenters. The second kappa shape index (κ2) is 8.87. The SMILES string of the molecule is CCCCC#CC1C=Cc2cc([N+](=O)[O-])ccc2N1C(=O)Oc1ccccc1. The van der Waals surface area contributed by atoms with E-state index in [9.17, 15) is 14.9 Å². The molecule has 6 heteroatoms. The van der Waals surface area contributed by atoms with Crippen LogP contribution >= 0.6 is 0 Å². The maximum absolute atomic E-state index is 12.9. The highest BCUT2D eigenvalue weighted by molar-refractivity contribution is 5.95. The van der Waals surface area contributed by atoms with Gasteiger partial charge in [-0.2, -0.15) is 0 Å². The summed E-state index contributed by atoms with van der Waals surface area (Å²) in [5, 5.41) is 11.1. The zero-order valence-electron chi connectivity index (χ0n) is 15.5. The van der Waals surface area contributed by atoms with E-state index in [-0.39, 0.29) is 5.69 Å². The van der Waals surface area contributed by atoms with E-state index in [0.717, 1.165) is 19.3 Å². The second-order valence-electron chi connectivity index (χ2n) is 6.28. The Morgan fingerprint density at radius 3 is 2.75 bits per heavy atom. The van der Waals surface area contributed by atoms with E-state index < -0.39 is 17.1 Å². The number of nitrogens with zero attached hydrogens (tertiary/aromatic N) is 2. The highest BCUT2D eigenvalue weighted by atomic mass is 16.6. The Morgan fingerprint density at radius 1 is 1.25 bits per heavy atom. The maximum atomic E-state index is 12.9. The number of nitro benzene ring substituents is 1. The first kappa shape index (κ1) is 19.2. The molecule has 3 rings (SSSR count). The molecule has 1 heterocycles. The minimum absolute atomic E-state index is 0.0349. The van der Waals surface area contributed by atoms with Crippen molar-refractivity contribution in [3.8, 4) is 17.6 Å². The molecule has 1 amide bonds. The van der Waals surface area contributed by atoms with E-state index in [2.05, 4.69) is 18.8 Å².